The lowest BCUT2D eigenvalue weighted by molar-refractivity contribution is -0.137. The van der Waals surface area contributed by atoms with Crippen molar-refractivity contribution in [2.75, 3.05) is 0 Å². The molecule has 18 heavy (non-hydrogen) atoms. The minimum Gasteiger partial charge on any atom is -0.481 e. The zero-order valence-corrected chi connectivity index (χ0v) is 11.6. The molecule has 6 heteroatoms. The Hall–Kier alpha value is -1.30. The number of aromatic nitrogens is 1. The molecule has 2 rings (SSSR count). The zero-order valence-electron chi connectivity index (χ0n) is 10.0. The molecule has 0 radical (unpaired) electrons. The Balaban J connectivity index is 2.04. The molecule has 98 valence electrons. The molecule has 1 fully saturated rings. The van der Waals surface area contributed by atoms with Crippen LogP contribution >= 0.6 is 15.9 Å². The highest BCUT2D eigenvalue weighted by Gasteiger charge is 2.34. The highest BCUT2D eigenvalue weighted by Crippen LogP contribution is 2.34. The number of aryl methyl sites for hydroxylation is 1. The number of carbonyl (C=O) groups excluding carboxylic acids is 1. The second kappa shape index (κ2) is 5.14. The monoisotopic (exact) mass is 314 g/mol. The Morgan fingerprint density at radius 1 is 1.61 bits per heavy atom. The summed E-state index contributed by atoms with van der Waals surface area (Å²) < 4.78 is 2.54. The van der Waals surface area contributed by atoms with Crippen LogP contribution in [0.15, 0.2) is 16.7 Å². The van der Waals surface area contributed by atoms with E-state index >= 15 is 0 Å². The summed E-state index contributed by atoms with van der Waals surface area (Å²) in [6.07, 6.45) is 3.77. The van der Waals surface area contributed by atoms with Crippen molar-refractivity contribution >= 4 is 27.8 Å². The van der Waals surface area contributed by atoms with Crippen LogP contribution in [0.3, 0.4) is 0 Å². The molecule has 1 atom stereocenters. The zero-order chi connectivity index (χ0) is 13.3. The summed E-state index contributed by atoms with van der Waals surface area (Å²) in [6.45, 7) is 0. The van der Waals surface area contributed by atoms with E-state index in [1.807, 2.05) is 0 Å². The first-order valence-corrected chi connectivity index (χ1v) is 6.61. The van der Waals surface area contributed by atoms with Crippen molar-refractivity contribution in [1.29, 1.82) is 0 Å². The van der Waals surface area contributed by atoms with Crippen molar-refractivity contribution in [2.45, 2.75) is 25.3 Å². The molecule has 0 bridgehead atoms. The topological polar surface area (TPSA) is 71.3 Å². The van der Waals surface area contributed by atoms with Gasteiger partial charge in [-0.1, -0.05) is 0 Å². The Kier molecular flexibility index (Phi) is 3.75. The number of carboxylic acids is 1. The predicted molar refractivity (Wildman–Crippen MR) is 69.3 cm³/mol. The third-order valence-corrected chi connectivity index (χ3v) is 3.54. The number of nitrogens with one attached hydrogen (secondary N) is 1. The van der Waals surface area contributed by atoms with Gasteiger partial charge in [-0.3, -0.25) is 9.59 Å². The van der Waals surface area contributed by atoms with E-state index in [9.17, 15) is 9.59 Å². The summed E-state index contributed by atoms with van der Waals surface area (Å²) in [5, 5.41) is 11.7. The van der Waals surface area contributed by atoms with Gasteiger partial charge in [0, 0.05) is 23.8 Å². The lowest BCUT2D eigenvalue weighted by Gasteiger charge is -2.16. The lowest BCUT2D eigenvalue weighted by atomic mass is 10.1. The van der Waals surface area contributed by atoms with Crippen LogP contribution in [0, 0.1) is 5.92 Å². The first-order chi connectivity index (χ1) is 8.47. The van der Waals surface area contributed by atoms with E-state index in [1.54, 1.807) is 23.9 Å². The Labute approximate surface area is 113 Å². The van der Waals surface area contributed by atoms with E-state index in [0.29, 0.717) is 11.6 Å². The molecule has 1 aliphatic carbocycles. The lowest BCUT2D eigenvalue weighted by Crippen LogP contribution is -2.38. The second-order valence-electron chi connectivity index (χ2n) is 4.67. The van der Waals surface area contributed by atoms with Crippen molar-refractivity contribution in [2.24, 2.45) is 13.0 Å². The fourth-order valence-corrected chi connectivity index (χ4v) is 2.54. The van der Waals surface area contributed by atoms with Gasteiger partial charge in [-0.2, -0.15) is 0 Å². The number of hydrogen-bond donors (Lipinski definition) is 2. The van der Waals surface area contributed by atoms with Gasteiger partial charge in [0.15, 0.2) is 0 Å². The molecule has 1 amide bonds. The number of nitrogens with zero attached hydrogens (tertiary/aromatic N) is 1. The quantitative estimate of drug-likeness (QED) is 0.870. The second-order valence-corrected chi connectivity index (χ2v) is 5.59. The van der Waals surface area contributed by atoms with Gasteiger partial charge in [0.1, 0.15) is 5.69 Å². The summed E-state index contributed by atoms with van der Waals surface area (Å²) >= 11 is 3.30. The largest absolute Gasteiger partial charge is 0.481 e. The molecule has 1 saturated carbocycles. The van der Waals surface area contributed by atoms with Crippen LogP contribution in [-0.2, 0) is 11.8 Å². The Morgan fingerprint density at radius 3 is 2.72 bits per heavy atom. The molecular formula is C12H15BrN2O3. The number of carboxylic acid groups (broad SMARTS) is 1. The molecule has 2 N–H and O–H groups in total. The maximum absolute atomic E-state index is 12.1. The van der Waals surface area contributed by atoms with Crippen LogP contribution < -0.4 is 5.32 Å². The van der Waals surface area contributed by atoms with Gasteiger partial charge in [0.25, 0.3) is 5.91 Å². The Morgan fingerprint density at radius 2 is 2.28 bits per heavy atom. The molecule has 1 aliphatic rings. The van der Waals surface area contributed by atoms with Gasteiger partial charge in [-0.25, -0.2) is 0 Å². The van der Waals surface area contributed by atoms with Crippen LogP contribution in [0.5, 0.6) is 0 Å². The van der Waals surface area contributed by atoms with E-state index in [4.69, 9.17) is 5.11 Å². The Bertz CT molecular complexity index is 480. The molecule has 5 nitrogen and oxygen atoms in total. The standard InChI is InChI=1S/C12H15BrN2O3/c1-15-6-8(13)4-10(15)12(18)14-9(5-11(16)17)7-2-3-7/h4,6-7,9H,2-3,5H2,1H3,(H,14,18)(H,16,17). The van der Waals surface area contributed by atoms with Crippen molar-refractivity contribution in [3.05, 3.63) is 22.4 Å². The van der Waals surface area contributed by atoms with Crippen molar-refractivity contribution in [1.82, 2.24) is 9.88 Å². The predicted octanol–water partition coefficient (Wildman–Crippen LogP) is 1.77. The van der Waals surface area contributed by atoms with E-state index < -0.39 is 5.97 Å². The summed E-state index contributed by atoms with van der Waals surface area (Å²) in [4.78, 5) is 22.8. The van der Waals surface area contributed by atoms with E-state index in [0.717, 1.165) is 17.3 Å². The molecule has 1 unspecified atom stereocenters. The highest BCUT2D eigenvalue weighted by atomic mass is 79.9. The summed E-state index contributed by atoms with van der Waals surface area (Å²) in [5.74, 6) is -0.782. The normalized spacial score (nSPS) is 16.3. The maximum atomic E-state index is 12.1. The van der Waals surface area contributed by atoms with Crippen LogP contribution in [0.4, 0.5) is 0 Å². The van der Waals surface area contributed by atoms with Crippen molar-refractivity contribution in [3.8, 4) is 0 Å². The van der Waals surface area contributed by atoms with E-state index in [-0.39, 0.29) is 18.4 Å². The van der Waals surface area contributed by atoms with Gasteiger partial charge in [-0.15, -0.1) is 0 Å². The van der Waals surface area contributed by atoms with Crippen molar-refractivity contribution in [3.63, 3.8) is 0 Å². The summed E-state index contributed by atoms with van der Waals surface area (Å²) in [7, 11) is 1.78. The molecule has 1 aromatic heterocycles. The highest BCUT2D eigenvalue weighted by molar-refractivity contribution is 9.10. The van der Waals surface area contributed by atoms with Gasteiger partial charge in [0.2, 0.25) is 0 Å². The third kappa shape index (κ3) is 3.13. The maximum Gasteiger partial charge on any atom is 0.305 e. The minimum atomic E-state index is -0.875. The molecule has 1 heterocycles. The fraction of sp³-hybridized carbons (Fsp3) is 0.500. The van der Waals surface area contributed by atoms with Crippen LogP contribution in [0.2, 0.25) is 0 Å². The molecule has 0 aromatic carbocycles. The first kappa shape index (κ1) is 13.1. The summed E-state index contributed by atoms with van der Waals surface area (Å²) in [5.41, 5.74) is 0.526. The molecule has 0 spiro atoms. The van der Waals surface area contributed by atoms with Gasteiger partial charge in [-0.05, 0) is 40.8 Å². The van der Waals surface area contributed by atoms with E-state index in [2.05, 4.69) is 21.2 Å². The molecule has 1 aromatic rings. The number of halogens is 1. The molecular weight excluding hydrogens is 300 g/mol. The van der Waals surface area contributed by atoms with Gasteiger partial charge in [0.05, 0.1) is 6.42 Å². The number of carbonyl (C=O) groups is 2. The number of aliphatic carboxylic acids is 1. The molecule has 0 aliphatic heterocycles. The smallest absolute Gasteiger partial charge is 0.305 e. The van der Waals surface area contributed by atoms with Crippen LogP contribution in [0.1, 0.15) is 29.8 Å². The van der Waals surface area contributed by atoms with Crippen LogP contribution in [-0.4, -0.2) is 27.6 Å². The SMILES string of the molecule is Cn1cc(Br)cc1C(=O)NC(CC(=O)O)C1CC1. The fourth-order valence-electron chi connectivity index (χ4n) is 2.01. The van der Waals surface area contributed by atoms with Crippen LogP contribution in [0.25, 0.3) is 0 Å². The van der Waals surface area contributed by atoms with Crippen molar-refractivity contribution < 1.29 is 14.7 Å². The van der Waals surface area contributed by atoms with Gasteiger partial charge >= 0.3 is 5.97 Å². The first-order valence-electron chi connectivity index (χ1n) is 5.82. The minimum absolute atomic E-state index is 0.0119. The van der Waals surface area contributed by atoms with E-state index in [1.165, 1.54) is 0 Å². The average Bonchev–Trinajstić information content (AvgIpc) is 3.03. The number of amides is 1. The summed E-state index contributed by atoms with van der Waals surface area (Å²) in [6, 6.07) is 1.46. The van der Waals surface area contributed by atoms with Gasteiger partial charge < -0.3 is 15.0 Å². The number of hydrogen-bond acceptors (Lipinski definition) is 2. The number of rotatable bonds is 5. The molecule has 0 saturated heterocycles. The average molecular weight is 315 g/mol. The third-order valence-electron chi connectivity index (χ3n) is 3.11.